The van der Waals surface area contributed by atoms with Crippen molar-refractivity contribution in [3.05, 3.63) is 24.4 Å². The number of rotatable bonds is 5. The topological polar surface area (TPSA) is 84.2 Å². The normalized spacial score (nSPS) is 19.7. The molecule has 2 saturated heterocycles. The van der Waals surface area contributed by atoms with E-state index in [-0.39, 0.29) is 0 Å². The van der Waals surface area contributed by atoms with Gasteiger partial charge in [0.25, 0.3) is 0 Å². The predicted molar refractivity (Wildman–Crippen MR) is 98.0 cm³/mol. The van der Waals surface area contributed by atoms with E-state index in [1.54, 1.807) is 6.33 Å². The Kier molecular flexibility index (Phi) is 5.26. The highest BCUT2D eigenvalue weighted by atomic mass is 16.5. The number of likely N-dealkylation sites (tertiary alicyclic amines) is 1. The monoisotopic (exact) mass is 358 g/mol. The number of hydrogen-bond acceptors (Lipinski definition) is 8. The van der Waals surface area contributed by atoms with Gasteiger partial charge >= 0.3 is 0 Å². The second kappa shape index (κ2) is 7.96. The van der Waals surface area contributed by atoms with Gasteiger partial charge in [-0.05, 0) is 18.9 Å². The smallest absolute Gasteiger partial charge is 0.227 e. The van der Waals surface area contributed by atoms with Crippen molar-refractivity contribution in [2.24, 2.45) is 7.05 Å². The van der Waals surface area contributed by atoms with E-state index < -0.39 is 0 Å². The van der Waals surface area contributed by atoms with Gasteiger partial charge in [0.1, 0.15) is 18.0 Å². The first kappa shape index (κ1) is 17.2. The molecule has 0 radical (unpaired) electrons. The Labute approximate surface area is 153 Å². The van der Waals surface area contributed by atoms with Crippen LogP contribution >= 0.6 is 0 Å². The zero-order valence-electron chi connectivity index (χ0n) is 15.2. The number of nitrogens with one attached hydrogen (secondary N) is 1. The van der Waals surface area contributed by atoms with Gasteiger partial charge in [0.15, 0.2) is 0 Å². The lowest BCUT2D eigenvalue weighted by Crippen LogP contribution is -2.39. The summed E-state index contributed by atoms with van der Waals surface area (Å²) in [4.78, 5) is 18.0. The Morgan fingerprint density at radius 1 is 1.15 bits per heavy atom. The van der Waals surface area contributed by atoms with Crippen LogP contribution < -0.4 is 10.2 Å². The molecule has 9 heteroatoms. The summed E-state index contributed by atoms with van der Waals surface area (Å²) >= 11 is 0. The van der Waals surface area contributed by atoms with Crippen LogP contribution in [0.4, 0.5) is 11.8 Å². The van der Waals surface area contributed by atoms with E-state index in [2.05, 4.69) is 30.2 Å². The molecule has 4 heterocycles. The van der Waals surface area contributed by atoms with E-state index in [4.69, 9.17) is 9.72 Å². The summed E-state index contributed by atoms with van der Waals surface area (Å²) in [5.74, 6) is 2.72. The fraction of sp³-hybridized carbons (Fsp3) is 0.647. The van der Waals surface area contributed by atoms with Crippen LogP contribution in [0.15, 0.2) is 18.6 Å². The van der Waals surface area contributed by atoms with Gasteiger partial charge in [-0.1, -0.05) is 0 Å². The number of piperidine rings is 1. The summed E-state index contributed by atoms with van der Waals surface area (Å²) < 4.78 is 7.25. The van der Waals surface area contributed by atoms with Gasteiger partial charge in [-0.2, -0.15) is 10.1 Å². The molecule has 0 aromatic carbocycles. The maximum atomic E-state index is 5.40. The molecule has 2 aliphatic heterocycles. The van der Waals surface area contributed by atoms with Crippen LogP contribution in [0.3, 0.4) is 0 Å². The number of aromatic nitrogens is 5. The van der Waals surface area contributed by atoms with Gasteiger partial charge in [0.2, 0.25) is 5.95 Å². The number of anilines is 2. The van der Waals surface area contributed by atoms with Crippen molar-refractivity contribution >= 4 is 11.8 Å². The zero-order valence-corrected chi connectivity index (χ0v) is 15.2. The van der Waals surface area contributed by atoms with Crippen LogP contribution in [0.5, 0.6) is 0 Å². The first-order valence-corrected chi connectivity index (χ1v) is 9.25. The van der Waals surface area contributed by atoms with Crippen LogP contribution in [0, 0.1) is 0 Å². The van der Waals surface area contributed by atoms with E-state index >= 15 is 0 Å². The summed E-state index contributed by atoms with van der Waals surface area (Å²) in [6, 6.07) is 2.40. The molecule has 2 fully saturated rings. The highest BCUT2D eigenvalue weighted by molar-refractivity contribution is 5.42. The third-order valence-corrected chi connectivity index (χ3v) is 5.05. The van der Waals surface area contributed by atoms with Crippen molar-refractivity contribution in [1.82, 2.24) is 29.6 Å². The third kappa shape index (κ3) is 4.10. The minimum absolute atomic E-state index is 0.443. The standard InChI is InChI=1S/C17H26N8O/c1-23-16(19-13-20-23)12-24-6-3-14(4-7-24)21-15-2-5-18-17(22-15)25-8-10-26-11-9-25/h2,5,13-14H,3-4,6-12H2,1H3,(H,18,21,22). The maximum absolute atomic E-state index is 5.40. The molecule has 4 rings (SSSR count). The van der Waals surface area contributed by atoms with Crippen molar-refractivity contribution in [3.63, 3.8) is 0 Å². The van der Waals surface area contributed by atoms with Gasteiger partial charge < -0.3 is 15.0 Å². The first-order chi connectivity index (χ1) is 12.8. The second-order valence-electron chi connectivity index (χ2n) is 6.84. The molecule has 2 aromatic heterocycles. The van der Waals surface area contributed by atoms with Crippen molar-refractivity contribution in [3.8, 4) is 0 Å². The van der Waals surface area contributed by atoms with Crippen molar-refractivity contribution in [2.75, 3.05) is 49.6 Å². The maximum Gasteiger partial charge on any atom is 0.227 e. The van der Waals surface area contributed by atoms with Crippen LogP contribution in [0.1, 0.15) is 18.7 Å². The van der Waals surface area contributed by atoms with Gasteiger partial charge in [0.05, 0.1) is 19.8 Å². The average Bonchev–Trinajstić information content (AvgIpc) is 3.09. The minimum Gasteiger partial charge on any atom is -0.378 e. The largest absolute Gasteiger partial charge is 0.378 e. The molecule has 0 atom stereocenters. The molecular formula is C17H26N8O. The second-order valence-corrected chi connectivity index (χ2v) is 6.84. The summed E-state index contributed by atoms with van der Waals surface area (Å²) in [5, 5.41) is 7.72. The fourth-order valence-electron chi connectivity index (χ4n) is 3.45. The van der Waals surface area contributed by atoms with Gasteiger partial charge in [-0.3, -0.25) is 9.58 Å². The lowest BCUT2D eigenvalue weighted by Gasteiger charge is -2.32. The highest BCUT2D eigenvalue weighted by Gasteiger charge is 2.21. The van der Waals surface area contributed by atoms with Crippen LogP contribution in [0.2, 0.25) is 0 Å². The first-order valence-electron chi connectivity index (χ1n) is 9.25. The van der Waals surface area contributed by atoms with Crippen molar-refractivity contribution in [2.45, 2.75) is 25.4 Å². The summed E-state index contributed by atoms with van der Waals surface area (Å²) in [7, 11) is 1.94. The number of hydrogen-bond donors (Lipinski definition) is 1. The molecule has 140 valence electrons. The van der Waals surface area contributed by atoms with Crippen LogP contribution in [-0.4, -0.2) is 75.1 Å². The van der Waals surface area contributed by atoms with Crippen molar-refractivity contribution in [1.29, 1.82) is 0 Å². The van der Waals surface area contributed by atoms with E-state index in [1.165, 1.54) is 0 Å². The molecule has 0 bridgehead atoms. The van der Waals surface area contributed by atoms with Gasteiger partial charge in [0, 0.05) is 45.5 Å². The summed E-state index contributed by atoms with van der Waals surface area (Å²) in [6.45, 7) is 6.14. The molecule has 0 amide bonds. The molecule has 1 N–H and O–H groups in total. The summed E-state index contributed by atoms with van der Waals surface area (Å²) in [5.41, 5.74) is 0. The van der Waals surface area contributed by atoms with E-state index in [1.807, 2.05) is 24.0 Å². The molecule has 9 nitrogen and oxygen atoms in total. The number of aryl methyl sites for hydroxylation is 1. The molecule has 2 aliphatic rings. The summed E-state index contributed by atoms with van der Waals surface area (Å²) in [6.07, 6.45) is 5.64. The number of morpholine rings is 1. The van der Waals surface area contributed by atoms with Gasteiger partial charge in [-0.15, -0.1) is 0 Å². The van der Waals surface area contributed by atoms with Gasteiger partial charge in [-0.25, -0.2) is 9.97 Å². The lowest BCUT2D eigenvalue weighted by atomic mass is 10.1. The zero-order chi connectivity index (χ0) is 17.8. The van der Waals surface area contributed by atoms with E-state index in [0.29, 0.717) is 6.04 Å². The molecule has 0 aliphatic carbocycles. The molecule has 0 spiro atoms. The third-order valence-electron chi connectivity index (χ3n) is 5.05. The minimum atomic E-state index is 0.443. The Morgan fingerprint density at radius 3 is 2.69 bits per heavy atom. The van der Waals surface area contributed by atoms with Crippen LogP contribution in [0.25, 0.3) is 0 Å². The SMILES string of the molecule is Cn1ncnc1CN1CCC(Nc2ccnc(N3CCOCC3)n2)CC1. The fourth-order valence-corrected chi connectivity index (χ4v) is 3.45. The molecular weight excluding hydrogens is 332 g/mol. The Balaban J connectivity index is 1.29. The lowest BCUT2D eigenvalue weighted by molar-refractivity contribution is 0.122. The Morgan fingerprint density at radius 2 is 1.96 bits per heavy atom. The molecule has 26 heavy (non-hydrogen) atoms. The quantitative estimate of drug-likeness (QED) is 0.828. The molecule has 0 unspecified atom stereocenters. The number of nitrogens with zero attached hydrogens (tertiary/aromatic N) is 7. The molecule has 0 saturated carbocycles. The average molecular weight is 358 g/mol. The van der Waals surface area contributed by atoms with Crippen LogP contribution in [-0.2, 0) is 18.3 Å². The Bertz CT molecular complexity index is 706. The van der Waals surface area contributed by atoms with E-state index in [0.717, 1.165) is 76.4 Å². The molecule has 2 aromatic rings. The van der Waals surface area contributed by atoms with Crippen molar-refractivity contribution < 1.29 is 4.74 Å². The Hall–Kier alpha value is -2.26. The number of ether oxygens (including phenoxy) is 1. The predicted octanol–water partition coefficient (Wildman–Crippen LogP) is 0.518. The van der Waals surface area contributed by atoms with E-state index in [9.17, 15) is 0 Å². The highest BCUT2D eigenvalue weighted by Crippen LogP contribution is 2.18.